The highest BCUT2D eigenvalue weighted by atomic mass is 14.4. The third-order valence-electron chi connectivity index (χ3n) is 10.2. The lowest BCUT2D eigenvalue weighted by Crippen LogP contribution is -2.14. The smallest absolute Gasteiger partial charge is 0.0159 e. The Kier molecular flexibility index (Phi) is 4.81. The Balaban J connectivity index is 1.46. The number of rotatable bonds is 2. The molecule has 0 saturated carbocycles. The maximum absolute atomic E-state index is 2.42. The third kappa shape index (κ3) is 3.07. The molecule has 200 valence electrons. The van der Waals surface area contributed by atoms with Crippen LogP contribution in [0.2, 0.25) is 0 Å². The van der Waals surface area contributed by atoms with E-state index in [2.05, 4.69) is 136 Å². The molecule has 0 heteroatoms. The Morgan fingerprint density at radius 2 is 1.07 bits per heavy atom. The second-order valence-electron chi connectivity index (χ2n) is 12.9. The summed E-state index contributed by atoms with van der Waals surface area (Å²) >= 11 is 0. The molecule has 0 amide bonds. The van der Waals surface area contributed by atoms with E-state index in [0.29, 0.717) is 0 Å². The predicted molar refractivity (Wildman–Crippen MR) is 180 cm³/mol. The van der Waals surface area contributed by atoms with Crippen molar-refractivity contribution in [3.8, 4) is 33.4 Å². The zero-order valence-electron chi connectivity index (χ0n) is 24.4. The summed E-state index contributed by atoms with van der Waals surface area (Å²) in [5.41, 5.74) is 15.2. The van der Waals surface area contributed by atoms with Gasteiger partial charge in [-0.15, -0.1) is 0 Å². The topological polar surface area (TPSA) is 0 Å². The van der Waals surface area contributed by atoms with Crippen LogP contribution in [0.5, 0.6) is 0 Å². The van der Waals surface area contributed by atoms with Gasteiger partial charge in [0.25, 0.3) is 0 Å². The molecule has 0 spiro atoms. The second-order valence-corrected chi connectivity index (χ2v) is 12.9. The fourth-order valence-electron chi connectivity index (χ4n) is 8.30. The first-order valence-corrected chi connectivity index (χ1v) is 15.2. The number of aryl methyl sites for hydroxylation is 3. The van der Waals surface area contributed by atoms with E-state index >= 15 is 0 Å². The minimum absolute atomic E-state index is 0.0337. The highest BCUT2D eigenvalue weighted by molar-refractivity contribution is 6.25. The van der Waals surface area contributed by atoms with Crippen molar-refractivity contribution in [1.29, 1.82) is 0 Å². The Morgan fingerprint density at radius 1 is 0.452 bits per heavy atom. The summed E-state index contributed by atoms with van der Waals surface area (Å²) in [4.78, 5) is 0. The number of fused-ring (bicyclic) bond motifs is 5. The molecule has 0 aliphatic heterocycles. The van der Waals surface area contributed by atoms with E-state index in [-0.39, 0.29) is 5.41 Å². The highest BCUT2D eigenvalue weighted by Gasteiger charge is 2.37. The summed E-state index contributed by atoms with van der Waals surface area (Å²) in [6, 6.07) is 43.9. The zero-order chi connectivity index (χ0) is 28.2. The van der Waals surface area contributed by atoms with Crippen LogP contribution in [0.15, 0.2) is 115 Å². The summed E-state index contributed by atoms with van der Waals surface area (Å²) in [5, 5.41) is 8.18. The molecule has 0 atom stereocenters. The van der Waals surface area contributed by atoms with Crippen LogP contribution in [0.4, 0.5) is 0 Å². The van der Waals surface area contributed by atoms with Gasteiger partial charge >= 0.3 is 0 Å². The van der Waals surface area contributed by atoms with E-state index in [0.717, 1.165) is 12.8 Å². The fourth-order valence-corrected chi connectivity index (χ4v) is 8.30. The van der Waals surface area contributed by atoms with Gasteiger partial charge in [-0.25, -0.2) is 0 Å². The molecule has 2 aliphatic carbocycles. The molecule has 0 bridgehead atoms. The van der Waals surface area contributed by atoms with E-state index in [4.69, 9.17) is 0 Å². The minimum Gasteiger partial charge on any atom is -0.0619 e. The molecule has 0 heterocycles. The first-order chi connectivity index (χ1) is 20.5. The van der Waals surface area contributed by atoms with Crippen molar-refractivity contribution in [3.05, 3.63) is 143 Å². The average molecular weight is 537 g/mol. The van der Waals surface area contributed by atoms with Gasteiger partial charge in [-0.05, 0) is 108 Å². The van der Waals surface area contributed by atoms with Crippen LogP contribution in [-0.2, 0) is 18.3 Å². The van der Waals surface area contributed by atoms with E-state index in [1.165, 1.54) is 93.5 Å². The minimum atomic E-state index is -0.0337. The monoisotopic (exact) mass is 536 g/mol. The van der Waals surface area contributed by atoms with Gasteiger partial charge in [0.15, 0.2) is 0 Å². The molecule has 0 aromatic heterocycles. The molecular formula is C42H32. The molecule has 0 radical (unpaired) electrons. The van der Waals surface area contributed by atoms with Crippen LogP contribution in [-0.4, -0.2) is 0 Å². The Labute approximate surface area is 247 Å². The fraction of sp³-hybridized carbons (Fsp3) is 0.143. The van der Waals surface area contributed by atoms with Gasteiger partial charge in [0, 0.05) is 5.41 Å². The van der Waals surface area contributed by atoms with E-state index in [1.807, 2.05) is 0 Å². The number of hydrogen-bond donors (Lipinski definition) is 0. The predicted octanol–water partition coefficient (Wildman–Crippen LogP) is 11.2. The maximum atomic E-state index is 2.42. The van der Waals surface area contributed by atoms with Gasteiger partial charge in [0.2, 0.25) is 0 Å². The molecule has 7 aromatic carbocycles. The van der Waals surface area contributed by atoms with Crippen molar-refractivity contribution < 1.29 is 0 Å². The molecule has 0 saturated heterocycles. The van der Waals surface area contributed by atoms with Crippen LogP contribution < -0.4 is 0 Å². The molecular weight excluding hydrogens is 504 g/mol. The lowest BCUT2D eigenvalue weighted by molar-refractivity contribution is 0.660. The third-order valence-corrected chi connectivity index (χ3v) is 10.2. The van der Waals surface area contributed by atoms with Crippen LogP contribution in [0.25, 0.3) is 65.7 Å². The lowest BCUT2D eigenvalue weighted by atomic mass is 9.80. The Bertz CT molecular complexity index is 2270. The van der Waals surface area contributed by atoms with Crippen molar-refractivity contribution in [3.63, 3.8) is 0 Å². The normalized spacial score (nSPS) is 14.5. The van der Waals surface area contributed by atoms with Gasteiger partial charge in [0.1, 0.15) is 0 Å². The van der Waals surface area contributed by atoms with Crippen LogP contribution in [0, 0.1) is 6.92 Å². The molecule has 7 aromatic rings. The summed E-state index contributed by atoms with van der Waals surface area (Å²) in [6.45, 7) is 6.98. The zero-order valence-corrected chi connectivity index (χ0v) is 24.4. The molecule has 2 aliphatic rings. The van der Waals surface area contributed by atoms with Crippen molar-refractivity contribution in [2.24, 2.45) is 0 Å². The average Bonchev–Trinajstić information content (AvgIpc) is 3.54. The van der Waals surface area contributed by atoms with E-state index < -0.39 is 0 Å². The molecule has 0 unspecified atom stereocenters. The van der Waals surface area contributed by atoms with Crippen molar-refractivity contribution >= 4 is 32.3 Å². The molecule has 0 nitrogen and oxygen atoms in total. The Hall–Kier alpha value is -4.68. The largest absolute Gasteiger partial charge is 0.0619 e. The SMILES string of the molecule is Cc1ccc2c(-c3ccc4c5c(cccc35)CC4)c3ccccc3c(-c3cccc4c3-c3ccccc3C4(C)C)c2c1. The van der Waals surface area contributed by atoms with Gasteiger partial charge in [-0.3, -0.25) is 0 Å². The standard InChI is InChI=1S/C42H32/c1-25-18-22-32-35(24-25)40(34-15-9-17-37-41(34)33-13-6-7-16-36(33)42(37,2)3)30-12-5-4-11-29(30)39(32)31-23-21-27-20-19-26-10-8-14-28(31)38(26)27/h4-18,21-24H,19-20H2,1-3H3. The van der Waals surface area contributed by atoms with E-state index in [9.17, 15) is 0 Å². The summed E-state index contributed by atoms with van der Waals surface area (Å²) < 4.78 is 0. The van der Waals surface area contributed by atoms with Crippen LogP contribution >= 0.6 is 0 Å². The molecule has 9 rings (SSSR count). The summed E-state index contributed by atoms with van der Waals surface area (Å²) in [7, 11) is 0. The van der Waals surface area contributed by atoms with Crippen LogP contribution in [0.3, 0.4) is 0 Å². The molecule has 0 N–H and O–H groups in total. The summed E-state index contributed by atoms with van der Waals surface area (Å²) in [5.74, 6) is 0. The number of benzene rings is 7. The summed E-state index contributed by atoms with van der Waals surface area (Å²) in [6.07, 6.45) is 2.29. The first-order valence-electron chi connectivity index (χ1n) is 15.2. The van der Waals surface area contributed by atoms with E-state index in [1.54, 1.807) is 0 Å². The second kappa shape index (κ2) is 8.43. The van der Waals surface area contributed by atoms with Gasteiger partial charge in [-0.1, -0.05) is 135 Å². The van der Waals surface area contributed by atoms with Crippen molar-refractivity contribution in [2.75, 3.05) is 0 Å². The van der Waals surface area contributed by atoms with Crippen molar-refractivity contribution in [2.45, 2.75) is 39.0 Å². The van der Waals surface area contributed by atoms with Gasteiger partial charge < -0.3 is 0 Å². The number of hydrogen-bond acceptors (Lipinski definition) is 0. The Morgan fingerprint density at radius 3 is 1.90 bits per heavy atom. The molecule has 0 fully saturated rings. The van der Waals surface area contributed by atoms with Crippen LogP contribution in [0.1, 0.15) is 41.7 Å². The highest BCUT2D eigenvalue weighted by Crippen LogP contribution is 2.54. The lowest BCUT2D eigenvalue weighted by Gasteiger charge is -2.23. The molecule has 42 heavy (non-hydrogen) atoms. The van der Waals surface area contributed by atoms with Gasteiger partial charge in [0.05, 0.1) is 0 Å². The first kappa shape index (κ1) is 24.0. The maximum Gasteiger partial charge on any atom is 0.0159 e. The van der Waals surface area contributed by atoms with Crippen molar-refractivity contribution in [1.82, 2.24) is 0 Å². The van der Waals surface area contributed by atoms with Gasteiger partial charge in [-0.2, -0.15) is 0 Å². The quantitative estimate of drug-likeness (QED) is 0.193.